The van der Waals surface area contributed by atoms with E-state index in [0.29, 0.717) is 5.92 Å². The van der Waals surface area contributed by atoms with Crippen LogP contribution in [0.5, 0.6) is 0 Å². The van der Waals surface area contributed by atoms with Gasteiger partial charge in [-0.2, -0.15) is 0 Å². The third-order valence-corrected chi connectivity index (χ3v) is 3.82. The molecular weight excluding hydrogens is 218 g/mol. The number of methoxy groups -OCH3 is 1. The molecule has 17 heavy (non-hydrogen) atoms. The second kappa shape index (κ2) is 6.97. The van der Waals surface area contributed by atoms with Crippen LogP contribution in [0.2, 0.25) is 0 Å². The predicted molar refractivity (Wildman–Crippen MR) is 66.7 cm³/mol. The molecule has 4 nitrogen and oxygen atoms in total. The van der Waals surface area contributed by atoms with E-state index in [0.717, 1.165) is 32.2 Å². The number of rotatable bonds is 6. The zero-order valence-corrected chi connectivity index (χ0v) is 11.2. The topological polar surface area (TPSA) is 49.8 Å². The van der Waals surface area contributed by atoms with E-state index in [1.54, 1.807) is 0 Å². The summed E-state index contributed by atoms with van der Waals surface area (Å²) in [6, 6.07) is -0.0713. The molecule has 0 aliphatic carbocycles. The van der Waals surface area contributed by atoms with E-state index >= 15 is 0 Å². The molecule has 1 N–H and O–H groups in total. The molecule has 3 atom stereocenters. The number of carbonyl (C=O) groups excluding carboxylic acids is 1. The molecule has 1 saturated heterocycles. The summed E-state index contributed by atoms with van der Waals surface area (Å²) in [6.45, 7) is 5.26. The first-order chi connectivity index (χ1) is 8.15. The number of likely N-dealkylation sites (tertiary alicyclic amines) is 1. The SMILES string of the molecule is CCCCC(C(=O)OC)N1CCC(C)C1CO. The number of hydrogen-bond donors (Lipinski definition) is 1. The molecule has 0 amide bonds. The van der Waals surface area contributed by atoms with E-state index in [-0.39, 0.29) is 24.7 Å². The fourth-order valence-corrected chi connectivity index (χ4v) is 2.66. The Labute approximate surface area is 104 Å². The summed E-state index contributed by atoms with van der Waals surface area (Å²) in [5, 5.41) is 9.44. The first-order valence-electron chi connectivity index (χ1n) is 6.60. The van der Waals surface area contributed by atoms with Gasteiger partial charge in [0.1, 0.15) is 6.04 Å². The van der Waals surface area contributed by atoms with Crippen molar-refractivity contribution < 1.29 is 14.6 Å². The van der Waals surface area contributed by atoms with Gasteiger partial charge in [0.25, 0.3) is 0 Å². The van der Waals surface area contributed by atoms with Gasteiger partial charge in [-0.25, -0.2) is 0 Å². The lowest BCUT2D eigenvalue weighted by molar-refractivity contribution is -0.148. The van der Waals surface area contributed by atoms with Crippen LogP contribution in [-0.4, -0.2) is 48.3 Å². The van der Waals surface area contributed by atoms with Gasteiger partial charge in [-0.15, -0.1) is 0 Å². The molecule has 1 heterocycles. The second-order valence-corrected chi connectivity index (χ2v) is 4.93. The first kappa shape index (κ1) is 14.5. The molecule has 1 aliphatic heterocycles. The van der Waals surface area contributed by atoms with Crippen LogP contribution in [0.1, 0.15) is 39.5 Å². The Kier molecular flexibility index (Phi) is 5.92. The number of esters is 1. The van der Waals surface area contributed by atoms with Crippen molar-refractivity contribution in [3.63, 3.8) is 0 Å². The molecule has 0 saturated carbocycles. The highest BCUT2D eigenvalue weighted by atomic mass is 16.5. The van der Waals surface area contributed by atoms with Crippen molar-refractivity contribution in [2.24, 2.45) is 5.92 Å². The minimum absolute atomic E-state index is 0.107. The third kappa shape index (κ3) is 3.42. The maximum atomic E-state index is 11.8. The summed E-state index contributed by atoms with van der Waals surface area (Å²) < 4.78 is 4.89. The molecule has 0 radical (unpaired) electrons. The van der Waals surface area contributed by atoms with Crippen molar-refractivity contribution in [1.29, 1.82) is 0 Å². The Hall–Kier alpha value is -0.610. The van der Waals surface area contributed by atoms with Crippen LogP contribution >= 0.6 is 0 Å². The normalized spacial score (nSPS) is 27.1. The lowest BCUT2D eigenvalue weighted by Gasteiger charge is -2.31. The lowest BCUT2D eigenvalue weighted by atomic mass is 10.0. The Morgan fingerprint density at radius 2 is 2.29 bits per heavy atom. The summed E-state index contributed by atoms with van der Waals surface area (Å²) in [5.74, 6) is 0.291. The van der Waals surface area contributed by atoms with E-state index < -0.39 is 0 Å². The number of nitrogens with zero attached hydrogens (tertiary/aromatic N) is 1. The molecular formula is C13H25NO3. The zero-order valence-electron chi connectivity index (χ0n) is 11.2. The largest absolute Gasteiger partial charge is 0.468 e. The number of ether oxygens (including phenoxy) is 1. The molecule has 4 heteroatoms. The van der Waals surface area contributed by atoms with Gasteiger partial charge in [0.2, 0.25) is 0 Å². The molecule has 0 aromatic heterocycles. The van der Waals surface area contributed by atoms with E-state index in [1.165, 1.54) is 7.11 Å². The summed E-state index contributed by atoms with van der Waals surface area (Å²) in [6.07, 6.45) is 3.96. The third-order valence-electron chi connectivity index (χ3n) is 3.82. The van der Waals surface area contributed by atoms with Crippen LogP contribution in [0.15, 0.2) is 0 Å². The number of carbonyl (C=O) groups is 1. The fraction of sp³-hybridized carbons (Fsp3) is 0.923. The molecule has 100 valence electrons. The highest BCUT2D eigenvalue weighted by molar-refractivity contribution is 5.75. The van der Waals surface area contributed by atoms with Gasteiger partial charge in [0, 0.05) is 6.04 Å². The van der Waals surface area contributed by atoms with Gasteiger partial charge in [0.15, 0.2) is 0 Å². The Balaban J connectivity index is 2.71. The van der Waals surface area contributed by atoms with E-state index in [9.17, 15) is 9.90 Å². The standard InChI is InChI=1S/C13H25NO3/c1-4-5-6-11(13(16)17-3)14-8-7-10(2)12(14)9-15/h10-12,15H,4-9H2,1-3H3. The zero-order chi connectivity index (χ0) is 12.8. The van der Waals surface area contributed by atoms with Crippen LogP contribution in [-0.2, 0) is 9.53 Å². The maximum absolute atomic E-state index is 11.8. The minimum atomic E-state index is -0.179. The molecule has 0 bridgehead atoms. The van der Waals surface area contributed by atoms with Crippen molar-refractivity contribution in [2.45, 2.75) is 51.6 Å². The van der Waals surface area contributed by atoms with Crippen LogP contribution in [0, 0.1) is 5.92 Å². The number of aliphatic hydroxyl groups excluding tert-OH is 1. The van der Waals surface area contributed by atoms with E-state index in [1.807, 2.05) is 0 Å². The summed E-state index contributed by atoms with van der Waals surface area (Å²) in [5.41, 5.74) is 0. The molecule has 0 aromatic carbocycles. The van der Waals surface area contributed by atoms with Gasteiger partial charge in [0.05, 0.1) is 13.7 Å². The molecule has 0 spiro atoms. The van der Waals surface area contributed by atoms with Crippen molar-refractivity contribution in [2.75, 3.05) is 20.3 Å². The monoisotopic (exact) mass is 243 g/mol. The van der Waals surface area contributed by atoms with Gasteiger partial charge < -0.3 is 9.84 Å². The Bertz CT molecular complexity index is 245. The van der Waals surface area contributed by atoms with Crippen molar-refractivity contribution in [1.82, 2.24) is 4.90 Å². The molecule has 1 aliphatic rings. The van der Waals surface area contributed by atoms with Crippen LogP contribution < -0.4 is 0 Å². The number of unbranched alkanes of at least 4 members (excludes halogenated alkanes) is 1. The smallest absolute Gasteiger partial charge is 0.323 e. The van der Waals surface area contributed by atoms with Crippen LogP contribution in [0.3, 0.4) is 0 Å². The average Bonchev–Trinajstić information content (AvgIpc) is 2.70. The highest BCUT2D eigenvalue weighted by Gasteiger charge is 2.38. The Morgan fingerprint density at radius 1 is 1.59 bits per heavy atom. The molecule has 3 unspecified atom stereocenters. The summed E-state index contributed by atoms with van der Waals surface area (Å²) >= 11 is 0. The van der Waals surface area contributed by atoms with Crippen molar-refractivity contribution >= 4 is 5.97 Å². The predicted octanol–water partition coefficient (Wildman–Crippen LogP) is 1.42. The van der Waals surface area contributed by atoms with Crippen LogP contribution in [0.4, 0.5) is 0 Å². The van der Waals surface area contributed by atoms with Gasteiger partial charge >= 0.3 is 5.97 Å². The molecule has 0 aromatic rings. The average molecular weight is 243 g/mol. The molecule has 1 rings (SSSR count). The highest BCUT2D eigenvalue weighted by Crippen LogP contribution is 2.27. The first-order valence-corrected chi connectivity index (χ1v) is 6.60. The number of aliphatic hydroxyl groups is 1. The van der Waals surface area contributed by atoms with Crippen molar-refractivity contribution in [3.8, 4) is 0 Å². The molecule has 1 fully saturated rings. The summed E-state index contributed by atoms with van der Waals surface area (Å²) in [7, 11) is 1.44. The lowest BCUT2D eigenvalue weighted by Crippen LogP contribution is -2.47. The van der Waals surface area contributed by atoms with Gasteiger partial charge in [-0.1, -0.05) is 26.7 Å². The minimum Gasteiger partial charge on any atom is -0.468 e. The van der Waals surface area contributed by atoms with Crippen molar-refractivity contribution in [3.05, 3.63) is 0 Å². The second-order valence-electron chi connectivity index (χ2n) is 4.93. The van der Waals surface area contributed by atoms with Crippen LogP contribution in [0.25, 0.3) is 0 Å². The summed E-state index contributed by atoms with van der Waals surface area (Å²) in [4.78, 5) is 14.0. The fourth-order valence-electron chi connectivity index (χ4n) is 2.66. The quantitative estimate of drug-likeness (QED) is 0.717. The van der Waals surface area contributed by atoms with Gasteiger partial charge in [-0.05, 0) is 25.3 Å². The Morgan fingerprint density at radius 3 is 2.82 bits per heavy atom. The van der Waals surface area contributed by atoms with E-state index in [4.69, 9.17) is 4.74 Å². The van der Waals surface area contributed by atoms with Gasteiger partial charge in [-0.3, -0.25) is 9.69 Å². The number of hydrogen-bond acceptors (Lipinski definition) is 4. The maximum Gasteiger partial charge on any atom is 0.323 e. The van der Waals surface area contributed by atoms with E-state index in [2.05, 4.69) is 18.7 Å².